The van der Waals surface area contributed by atoms with Crippen molar-refractivity contribution in [3.05, 3.63) is 28.0 Å². The van der Waals surface area contributed by atoms with Crippen molar-refractivity contribution in [3.8, 4) is 0 Å². The van der Waals surface area contributed by atoms with Gasteiger partial charge < -0.3 is 10.1 Å². The Bertz CT molecular complexity index is 375. The number of benzene rings is 1. The molecule has 16 heavy (non-hydrogen) atoms. The van der Waals surface area contributed by atoms with Gasteiger partial charge in [-0.1, -0.05) is 23.2 Å². The Morgan fingerprint density at radius 3 is 2.50 bits per heavy atom. The third-order valence-electron chi connectivity index (χ3n) is 1.73. The summed E-state index contributed by atoms with van der Waals surface area (Å²) >= 11 is 11.2. The maximum Gasteiger partial charge on any atom is 0.325 e. The molecular weight excluding hydrogens is 256 g/mol. The van der Waals surface area contributed by atoms with Crippen LogP contribution in [0.2, 0.25) is 10.0 Å². The van der Waals surface area contributed by atoms with Crippen LogP contribution in [-0.2, 0) is 9.53 Å². The van der Waals surface area contributed by atoms with Crippen molar-refractivity contribution < 1.29 is 13.9 Å². The summed E-state index contributed by atoms with van der Waals surface area (Å²) in [5.74, 6) is -1.08. The first-order valence-electron chi connectivity index (χ1n) is 4.58. The summed E-state index contributed by atoms with van der Waals surface area (Å²) < 4.78 is 17.8. The summed E-state index contributed by atoms with van der Waals surface area (Å²) in [4.78, 5) is 11.0. The van der Waals surface area contributed by atoms with Gasteiger partial charge in [0, 0.05) is 5.69 Å². The third-order valence-corrected chi connectivity index (χ3v) is 2.28. The van der Waals surface area contributed by atoms with Crippen LogP contribution < -0.4 is 5.32 Å². The van der Waals surface area contributed by atoms with Crippen LogP contribution in [0.4, 0.5) is 10.1 Å². The van der Waals surface area contributed by atoms with Gasteiger partial charge in [0.25, 0.3) is 0 Å². The topological polar surface area (TPSA) is 38.3 Å². The predicted molar refractivity (Wildman–Crippen MR) is 61.5 cm³/mol. The van der Waals surface area contributed by atoms with E-state index >= 15 is 0 Å². The molecule has 0 amide bonds. The van der Waals surface area contributed by atoms with Gasteiger partial charge in [-0.05, 0) is 19.1 Å². The van der Waals surface area contributed by atoms with Gasteiger partial charge in [-0.15, -0.1) is 0 Å². The number of esters is 1. The molecule has 0 aliphatic rings. The van der Waals surface area contributed by atoms with Gasteiger partial charge in [-0.2, -0.15) is 0 Å². The molecular formula is C10H10Cl2FNO2. The quantitative estimate of drug-likeness (QED) is 0.672. The van der Waals surface area contributed by atoms with Crippen molar-refractivity contribution in [3.63, 3.8) is 0 Å². The van der Waals surface area contributed by atoms with Crippen LogP contribution in [0, 0.1) is 5.82 Å². The minimum Gasteiger partial charge on any atom is -0.465 e. The molecule has 0 aromatic heterocycles. The Morgan fingerprint density at radius 2 is 2.00 bits per heavy atom. The van der Waals surface area contributed by atoms with Crippen molar-refractivity contribution >= 4 is 34.9 Å². The number of hydrogen-bond donors (Lipinski definition) is 1. The van der Waals surface area contributed by atoms with Crippen LogP contribution in [-0.4, -0.2) is 19.1 Å². The highest BCUT2D eigenvalue weighted by Gasteiger charge is 2.08. The zero-order valence-electron chi connectivity index (χ0n) is 8.52. The summed E-state index contributed by atoms with van der Waals surface area (Å²) in [5, 5.41) is 2.53. The highest BCUT2D eigenvalue weighted by atomic mass is 35.5. The second kappa shape index (κ2) is 5.92. The Labute approximate surface area is 102 Å². The van der Waals surface area contributed by atoms with Gasteiger partial charge in [0.2, 0.25) is 0 Å². The molecule has 0 atom stereocenters. The van der Waals surface area contributed by atoms with Gasteiger partial charge in [-0.25, -0.2) is 4.39 Å². The largest absolute Gasteiger partial charge is 0.465 e. The molecule has 0 aliphatic carbocycles. The number of rotatable bonds is 4. The van der Waals surface area contributed by atoms with E-state index in [1.807, 2.05) is 0 Å². The van der Waals surface area contributed by atoms with E-state index in [0.717, 1.165) is 0 Å². The maximum absolute atomic E-state index is 13.0. The first-order chi connectivity index (χ1) is 7.54. The van der Waals surface area contributed by atoms with Gasteiger partial charge in [0.15, 0.2) is 5.82 Å². The first-order valence-corrected chi connectivity index (χ1v) is 5.34. The van der Waals surface area contributed by atoms with E-state index in [9.17, 15) is 9.18 Å². The molecule has 0 saturated carbocycles. The normalized spacial score (nSPS) is 10.0. The second-order valence-electron chi connectivity index (χ2n) is 2.91. The average Bonchev–Trinajstić information content (AvgIpc) is 2.23. The van der Waals surface area contributed by atoms with Crippen LogP contribution in [0.15, 0.2) is 12.1 Å². The van der Waals surface area contributed by atoms with E-state index in [1.165, 1.54) is 12.1 Å². The number of hydrogen-bond acceptors (Lipinski definition) is 3. The fraction of sp³-hybridized carbons (Fsp3) is 0.300. The van der Waals surface area contributed by atoms with Crippen molar-refractivity contribution in [2.24, 2.45) is 0 Å². The summed E-state index contributed by atoms with van der Waals surface area (Å²) in [6, 6.07) is 2.70. The summed E-state index contributed by atoms with van der Waals surface area (Å²) in [5.41, 5.74) is 0.462. The monoisotopic (exact) mass is 265 g/mol. The zero-order valence-corrected chi connectivity index (χ0v) is 10.0. The van der Waals surface area contributed by atoms with Gasteiger partial charge in [-0.3, -0.25) is 4.79 Å². The number of nitrogens with one attached hydrogen (secondary N) is 1. The van der Waals surface area contributed by atoms with Gasteiger partial charge in [0.05, 0.1) is 16.7 Å². The fourth-order valence-electron chi connectivity index (χ4n) is 1.04. The number of carbonyl (C=O) groups excluding carboxylic acids is 1. The summed E-state index contributed by atoms with van der Waals surface area (Å²) in [6.07, 6.45) is 0. The van der Waals surface area contributed by atoms with E-state index in [1.54, 1.807) is 6.92 Å². The number of ether oxygens (including phenoxy) is 1. The smallest absolute Gasteiger partial charge is 0.325 e. The molecule has 0 bridgehead atoms. The lowest BCUT2D eigenvalue weighted by Gasteiger charge is -2.07. The van der Waals surface area contributed by atoms with Crippen LogP contribution in [0.25, 0.3) is 0 Å². The maximum atomic E-state index is 13.0. The number of carbonyl (C=O) groups is 1. The molecule has 1 aromatic carbocycles. The van der Waals surface area contributed by atoms with Crippen LogP contribution in [0.3, 0.4) is 0 Å². The van der Waals surface area contributed by atoms with Crippen molar-refractivity contribution in [2.45, 2.75) is 6.92 Å². The van der Waals surface area contributed by atoms with Gasteiger partial charge in [0.1, 0.15) is 6.54 Å². The van der Waals surface area contributed by atoms with Gasteiger partial charge >= 0.3 is 5.97 Å². The predicted octanol–water partition coefficient (Wildman–Crippen LogP) is 3.11. The van der Waals surface area contributed by atoms with Crippen molar-refractivity contribution in [1.82, 2.24) is 0 Å². The molecule has 1 aromatic rings. The summed E-state index contributed by atoms with van der Waals surface area (Å²) in [6.45, 7) is 2.00. The molecule has 88 valence electrons. The zero-order chi connectivity index (χ0) is 12.1. The highest BCUT2D eigenvalue weighted by Crippen LogP contribution is 2.27. The fourth-order valence-corrected chi connectivity index (χ4v) is 1.53. The minimum absolute atomic E-state index is 0.0217. The van der Waals surface area contributed by atoms with Crippen LogP contribution in [0.1, 0.15) is 6.92 Å². The average molecular weight is 266 g/mol. The Hall–Kier alpha value is -1.00. The van der Waals surface area contributed by atoms with E-state index in [0.29, 0.717) is 12.3 Å². The van der Waals surface area contributed by atoms with E-state index in [-0.39, 0.29) is 16.6 Å². The van der Waals surface area contributed by atoms with Crippen LogP contribution >= 0.6 is 23.2 Å². The number of anilines is 1. The SMILES string of the molecule is CCOC(=O)CNc1cc(Cl)c(F)c(Cl)c1. The lowest BCUT2D eigenvalue weighted by Crippen LogP contribution is -2.16. The van der Waals surface area contributed by atoms with E-state index in [2.05, 4.69) is 5.32 Å². The lowest BCUT2D eigenvalue weighted by atomic mass is 10.3. The van der Waals surface area contributed by atoms with Crippen molar-refractivity contribution in [1.29, 1.82) is 0 Å². The van der Waals surface area contributed by atoms with Crippen LogP contribution in [0.5, 0.6) is 0 Å². The lowest BCUT2D eigenvalue weighted by molar-refractivity contribution is -0.140. The second-order valence-corrected chi connectivity index (χ2v) is 3.73. The first kappa shape index (κ1) is 13.1. The molecule has 1 N–H and O–H groups in total. The standard InChI is InChI=1S/C10H10Cl2FNO2/c1-2-16-9(15)5-14-6-3-7(11)10(13)8(12)4-6/h3-4,14H,2,5H2,1H3. The summed E-state index contributed by atoms with van der Waals surface area (Å²) in [7, 11) is 0. The molecule has 0 saturated heterocycles. The number of halogens is 3. The molecule has 0 heterocycles. The molecule has 0 aliphatic heterocycles. The minimum atomic E-state index is -0.676. The highest BCUT2D eigenvalue weighted by molar-refractivity contribution is 6.35. The molecule has 0 fully saturated rings. The van der Waals surface area contributed by atoms with E-state index < -0.39 is 11.8 Å². The molecule has 3 nitrogen and oxygen atoms in total. The Morgan fingerprint density at radius 1 is 1.44 bits per heavy atom. The molecule has 0 unspecified atom stereocenters. The molecule has 0 radical (unpaired) electrons. The third kappa shape index (κ3) is 3.54. The Kier molecular flexibility index (Phi) is 4.83. The van der Waals surface area contributed by atoms with Crippen molar-refractivity contribution in [2.75, 3.05) is 18.5 Å². The Balaban J connectivity index is 2.65. The molecule has 0 spiro atoms. The van der Waals surface area contributed by atoms with E-state index in [4.69, 9.17) is 27.9 Å². The molecule has 1 rings (SSSR count). The molecule has 6 heteroatoms.